The number of methoxy groups -OCH3 is 2. The van der Waals surface area contributed by atoms with Gasteiger partial charge in [-0.05, 0) is 30.3 Å². The van der Waals surface area contributed by atoms with Crippen LogP contribution in [-0.2, 0) is 10.0 Å². The van der Waals surface area contributed by atoms with Gasteiger partial charge in [0.15, 0.2) is 11.5 Å². The Morgan fingerprint density at radius 1 is 0.913 bits per heavy atom. The lowest BCUT2D eigenvalue weighted by molar-refractivity contribution is 0.354. The van der Waals surface area contributed by atoms with Crippen molar-refractivity contribution in [2.45, 2.75) is 4.90 Å². The lowest BCUT2D eigenvalue weighted by Crippen LogP contribution is -2.26. The number of benzene rings is 2. The maximum Gasteiger partial charge on any atom is 0.264 e. The summed E-state index contributed by atoms with van der Waals surface area (Å²) in [5.41, 5.74) is 0.359. The summed E-state index contributed by atoms with van der Waals surface area (Å²) >= 11 is 11.9. The second kappa shape index (κ2) is 6.86. The van der Waals surface area contributed by atoms with Crippen molar-refractivity contribution in [3.05, 3.63) is 46.4 Å². The van der Waals surface area contributed by atoms with Gasteiger partial charge < -0.3 is 9.47 Å². The van der Waals surface area contributed by atoms with Crippen LogP contribution in [0.5, 0.6) is 11.5 Å². The van der Waals surface area contributed by atoms with Gasteiger partial charge in [0.1, 0.15) is 0 Å². The molecule has 0 spiro atoms. The van der Waals surface area contributed by atoms with E-state index < -0.39 is 10.0 Å². The Hall–Kier alpha value is -1.63. The first kappa shape index (κ1) is 17.7. The summed E-state index contributed by atoms with van der Waals surface area (Å²) in [6.45, 7) is 0. The topological polar surface area (TPSA) is 55.8 Å². The Labute approximate surface area is 145 Å². The predicted octanol–water partition coefficient (Wildman–Crippen LogP) is 3.84. The third kappa shape index (κ3) is 3.65. The molecule has 0 N–H and O–H groups in total. The lowest BCUT2D eigenvalue weighted by atomic mass is 10.3. The van der Waals surface area contributed by atoms with Crippen molar-refractivity contribution in [1.29, 1.82) is 0 Å². The SMILES string of the molecule is COc1ccc(S(=O)(=O)N(C)c2cc(Cl)cc(Cl)c2)cc1OC. The number of anilines is 1. The molecule has 0 unspecified atom stereocenters. The third-order valence-electron chi connectivity index (χ3n) is 3.22. The average molecular weight is 376 g/mol. The number of hydrogen-bond donors (Lipinski definition) is 0. The van der Waals surface area contributed by atoms with Gasteiger partial charge in [0.2, 0.25) is 0 Å². The highest BCUT2D eigenvalue weighted by Crippen LogP contribution is 2.33. The zero-order valence-electron chi connectivity index (χ0n) is 12.7. The van der Waals surface area contributed by atoms with Crippen molar-refractivity contribution < 1.29 is 17.9 Å². The first-order valence-corrected chi connectivity index (χ1v) is 8.66. The minimum Gasteiger partial charge on any atom is -0.493 e. The Kier molecular flexibility index (Phi) is 5.29. The molecule has 23 heavy (non-hydrogen) atoms. The van der Waals surface area contributed by atoms with E-state index in [2.05, 4.69) is 0 Å². The molecule has 0 fully saturated rings. The fraction of sp³-hybridized carbons (Fsp3) is 0.200. The Morgan fingerprint density at radius 2 is 1.48 bits per heavy atom. The van der Waals surface area contributed by atoms with Gasteiger partial charge in [-0.1, -0.05) is 23.2 Å². The van der Waals surface area contributed by atoms with Crippen molar-refractivity contribution in [1.82, 2.24) is 0 Å². The van der Waals surface area contributed by atoms with Crippen molar-refractivity contribution in [3.63, 3.8) is 0 Å². The molecule has 0 radical (unpaired) electrons. The molecular formula is C15H15Cl2NO4S. The number of rotatable bonds is 5. The van der Waals surface area contributed by atoms with Gasteiger partial charge >= 0.3 is 0 Å². The summed E-state index contributed by atoms with van der Waals surface area (Å²) in [4.78, 5) is 0.0637. The standard InChI is InChI=1S/C15H15Cl2NO4S/c1-18(12-7-10(16)6-11(17)8-12)23(19,20)13-4-5-14(21-2)15(9-13)22-3/h4-9H,1-3H3. The van der Waals surface area contributed by atoms with Crippen molar-refractivity contribution in [2.75, 3.05) is 25.6 Å². The Bertz CT molecular complexity index is 804. The molecule has 0 aliphatic heterocycles. The number of sulfonamides is 1. The van der Waals surface area contributed by atoms with Gasteiger partial charge in [0.25, 0.3) is 10.0 Å². The molecule has 0 heterocycles. The van der Waals surface area contributed by atoms with E-state index in [9.17, 15) is 8.42 Å². The maximum absolute atomic E-state index is 12.8. The molecule has 0 atom stereocenters. The Morgan fingerprint density at radius 3 is 2.00 bits per heavy atom. The lowest BCUT2D eigenvalue weighted by Gasteiger charge is -2.20. The molecular weight excluding hydrogens is 361 g/mol. The van der Waals surface area contributed by atoms with E-state index in [0.29, 0.717) is 27.2 Å². The van der Waals surface area contributed by atoms with Crippen molar-refractivity contribution in [2.24, 2.45) is 0 Å². The van der Waals surface area contributed by atoms with Crippen LogP contribution in [0.1, 0.15) is 0 Å². The van der Waals surface area contributed by atoms with Crippen LogP contribution in [0.25, 0.3) is 0 Å². The highest BCUT2D eigenvalue weighted by atomic mass is 35.5. The number of hydrogen-bond acceptors (Lipinski definition) is 4. The molecule has 124 valence electrons. The second-order valence-corrected chi connectivity index (χ2v) is 7.46. The highest BCUT2D eigenvalue weighted by molar-refractivity contribution is 7.92. The van der Waals surface area contributed by atoms with Gasteiger partial charge in [-0.3, -0.25) is 4.31 Å². The van der Waals surface area contributed by atoms with E-state index >= 15 is 0 Å². The highest BCUT2D eigenvalue weighted by Gasteiger charge is 2.23. The van der Waals surface area contributed by atoms with Gasteiger partial charge in [-0.2, -0.15) is 0 Å². The van der Waals surface area contributed by atoms with E-state index in [0.717, 1.165) is 4.31 Å². The van der Waals surface area contributed by atoms with E-state index in [4.69, 9.17) is 32.7 Å². The first-order chi connectivity index (χ1) is 10.8. The summed E-state index contributed by atoms with van der Waals surface area (Å²) in [6, 6.07) is 8.95. The molecule has 8 heteroatoms. The maximum atomic E-state index is 12.8. The van der Waals surface area contributed by atoms with Crippen LogP contribution < -0.4 is 13.8 Å². The van der Waals surface area contributed by atoms with E-state index in [1.54, 1.807) is 0 Å². The van der Waals surface area contributed by atoms with E-state index in [-0.39, 0.29) is 4.90 Å². The molecule has 0 saturated heterocycles. The first-order valence-electron chi connectivity index (χ1n) is 6.46. The van der Waals surface area contributed by atoms with E-state index in [1.165, 1.54) is 57.7 Å². The summed E-state index contributed by atoms with van der Waals surface area (Å²) in [6.07, 6.45) is 0. The monoisotopic (exact) mass is 375 g/mol. The Balaban J connectivity index is 2.48. The van der Waals surface area contributed by atoms with Gasteiger partial charge in [0, 0.05) is 23.2 Å². The van der Waals surface area contributed by atoms with Crippen LogP contribution in [-0.4, -0.2) is 29.7 Å². The third-order valence-corrected chi connectivity index (χ3v) is 5.44. The molecule has 0 bridgehead atoms. The molecule has 2 rings (SSSR count). The minimum absolute atomic E-state index is 0.0637. The summed E-state index contributed by atoms with van der Waals surface area (Å²) < 4.78 is 36.9. The van der Waals surface area contributed by atoms with Gasteiger partial charge in [0.05, 0.1) is 24.8 Å². The van der Waals surface area contributed by atoms with Crippen LogP contribution in [0, 0.1) is 0 Å². The molecule has 0 aliphatic rings. The van der Waals surface area contributed by atoms with Crippen LogP contribution in [0.2, 0.25) is 10.0 Å². The van der Waals surface area contributed by atoms with Gasteiger partial charge in [-0.15, -0.1) is 0 Å². The normalized spacial score (nSPS) is 11.2. The number of nitrogens with zero attached hydrogens (tertiary/aromatic N) is 1. The molecule has 5 nitrogen and oxygen atoms in total. The fourth-order valence-corrected chi connectivity index (χ4v) is 3.70. The second-order valence-electron chi connectivity index (χ2n) is 4.62. The van der Waals surface area contributed by atoms with Crippen molar-refractivity contribution >= 4 is 38.9 Å². The smallest absolute Gasteiger partial charge is 0.264 e. The largest absolute Gasteiger partial charge is 0.493 e. The zero-order chi connectivity index (χ0) is 17.2. The molecule has 0 saturated carbocycles. The zero-order valence-corrected chi connectivity index (χ0v) is 15.0. The molecule has 0 amide bonds. The van der Waals surface area contributed by atoms with Gasteiger partial charge in [-0.25, -0.2) is 8.42 Å². The summed E-state index contributed by atoms with van der Waals surface area (Å²) in [7, 11) is 0.539. The summed E-state index contributed by atoms with van der Waals surface area (Å²) in [5, 5.41) is 0.698. The van der Waals surface area contributed by atoms with Crippen LogP contribution >= 0.6 is 23.2 Å². The average Bonchev–Trinajstić information content (AvgIpc) is 2.52. The molecule has 0 aliphatic carbocycles. The van der Waals surface area contributed by atoms with Crippen molar-refractivity contribution in [3.8, 4) is 11.5 Å². The van der Waals surface area contributed by atoms with E-state index in [1.807, 2.05) is 0 Å². The fourth-order valence-electron chi connectivity index (χ4n) is 1.99. The number of ether oxygens (including phenoxy) is 2. The molecule has 2 aromatic carbocycles. The quantitative estimate of drug-likeness (QED) is 0.796. The number of halogens is 2. The molecule has 2 aromatic rings. The minimum atomic E-state index is -3.80. The van der Waals surface area contributed by atoms with Crippen LogP contribution in [0.15, 0.2) is 41.3 Å². The molecule has 0 aromatic heterocycles. The predicted molar refractivity (Wildman–Crippen MR) is 91.6 cm³/mol. The van der Waals surface area contributed by atoms with Crippen LogP contribution in [0.3, 0.4) is 0 Å². The van der Waals surface area contributed by atoms with Crippen LogP contribution in [0.4, 0.5) is 5.69 Å². The summed E-state index contributed by atoms with van der Waals surface area (Å²) in [5.74, 6) is 0.769.